The van der Waals surface area contributed by atoms with Crippen LogP contribution >= 0.6 is 11.6 Å². The summed E-state index contributed by atoms with van der Waals surface area (Å²) in [5, 5.41) is 4.19. The summed E-state index contributed by atoms with van der Waals surface area (Å²) in [7, 11) is 1.74. The lowest BCUT2D eigenvalue weighted by Crippen LogP contribution is -2.32. The summed E-state index contributed by atoms with van der Waals surface area (Å²) in [5.74, 6) is -0.280. The van der Waals surface area contributed by atoms with Crippen LogP contribution in [-0.4, -0.2) is 41.0 Å². The van der Waals surface area contributed by atoms with Crippen molar-refractivity contribution in [1.29, 1.82) is 0 Å². The molecule has 152 valence electrons. The molecule has 1 aromatic rings. The first-order valence-electron chi connectivity index (χ1n) is 9.52. The van der Waals surface area contributed by atoms with E-state index in [-0.39, 0.29) is 23.0 Å². The largest absolute Gasteiger partial charge is 0.493 e. The predicted molar refractivity (Wildman–Crippen MR) is 110 cm³/mol. The Morgan fingerprint density at radius 2 is 2.28 bits per heavy atom. The van der Waals surface area contributed by atoms with Crippen molar-refractivity contribution < 1.29 is 18.7 Å². The van der Waals surface area contributed by atoms with Crippen LogP contribution in [0.2, 0.25) is 5.02 Å². The van der Waals surface area contributed by atoms with Gasteiger partial charge in [0.25, 0.3) is 0 Å². The highest BCUT2D eigenvalue weighted by molar-refractivity contribution is 6.30. The zero-order chi connectivity index (χ0) is 21.0. The summed E-state index contributed by atoms with van der Waals surface area (Å²) in [6.07, 6.45) is 6.81. The molecule has 5 nitrogen and oxygen atoms in total. The second-order valence-electron chi connectivity index (χ2n) is 7.35. The van der Waals surface area contributed by atoms with Gasteiger partial charge in [-0.2, -0.15) is 0 Å². The lowest BCUT2D eigenvalue weighted by molar-refractivity contribution is -0.124. The van der Waals surface area contributed by atoms with Crippen LogP contribution in [0, 0.1) is 11.7 Å². The van der Waals surface area contributed by atoms with E-state index >= 15 is 0 Å². The number of ether oxygens (including phenoxy) is 1. The molecule has 2 aliphatic rings. The Bertz CT molecular complexity index is 947. The molecule has 0 saturated heterocycles. The van der Waals surface area contributed by atoms with Crippen LogP contribution in [0.25, 0.3) is 0 Å². The van der Waals surface area contributed by atoms with Gasteiger partial charge in [-0.25, -0.2) is 4.39 Å². The Morgan fingerprint density at radius 3 is 2.97 bits per heavy atom. The molecule has 2 atom stereocenters. The van der Waals surface area contributed by atoms with Gasteiger partial charge in [-0.3, -0.25) is 4.79 Å². The number of hydrogen-bond donors (Lipinski definition) is 0. The molecule has 2 heterocycles. The summed E-state index contributed by atoms with van der Waals surface area (Å²) in [4.78, 5) is 17.6. The first-order chi connectivity index (χ1) is 13.9. The molecule has 1 amide bonds. The summed E-state index contributed by atoms with van der Waals surface area (Å²) in [5.41, 5.74) is 3.85. The summed E-state index contributed by atoms with van der Waals surface area (Å²) in [6.45, 7) is 6.15. The van der Waals surface area contributed by atoms with Crippen molar-refractivity contribution in [2.45, 2.75) is 32.3 Å². The van der Waals surface area contributed by atoms with Crippen LogP contribution in [-0.2, 0) is 16.0 Å². The molecule has 1 aromatic carbocycles. The van der Waals surface area contributed by atoms with E-state index in [1.807, 2.05) is 0 Å². The van der Waals surface area contributed by atoms with Gasteiger partial charge in [0.2, 0.25) is 5.91 Å². The third-order valence-corrected chi connectivity index (χ3v) is 5.53. The van der Waals surface area contributed by atoms with Crippen molar-refractivity contribution in [3.05, 3.63) is 70.9 Å². The number of rotatable bonds is 7. The molecular weight excluding hydrogens is 393 g/mol. The quantitative estimate of drug-likeness (QED) is 0.489. The standard InChI is InChI=1S/C22H24ClFN3O2/c1-4-22(28)27(3)12-16-13-29-21(9-14(16)2)17-11-25-26-20(17)8-6-15-5-7-19(24)18(23)10-15/h4-5,7,10-11,13-14,21H,1,6,8-9,12H2,2-3H3/q+1. The Balaban J connectivity index is 1.61. The Morgan fingerprint density at radius 1 is 1.48 bits per heavy atom. The van der Waals surface area contributed by atoms with Crippen molar-refractivity contribution in [2.75, 3.05) is 13.6 Å². The molecule has 0 radical (unpaired) electrons. The van der Waals surface area contributed by atoms with Crippen molar-refractivity contribution in [3.8, 4) is 0 Å². The summed E-state index contributed by atoms with van der Waals surface area (Å²) in [6, 6.07) is 4.75. The van der Waals surface area contributed by atoms with Gasteiger partial charge in [-0.1, -0.05) is 31.2 Å². The minimum Gasteiger partial charge on any atom is -0.493 e. The molecule has 0 spiro atoms. The molecule has 0 aromatic heterocycles. The lowest BCUT2D eigenvalue weighted by Gasteiger charge is -2.29. The highest BCUT2D eigenvalue weighted by Gasteiger charge is 2.35. The predicted octanol–water partition coefficient (Wildman–Crippen LogP) is 4.36. The number of likely N-dealkylation sites (N-methyl/N-ethyl adjacent to an activating group) is 1. The maximum absolute atomic E-state index is 13.3. The zero-order valence-corrected chi connectivity index (χ0v) is 17.3. The number of aryl methyl sites for hydroxylation is 1. The average molecular weight is 417 g/mol. The van der Waals surface area contributed by atoms with Crippen molar-refractivity contribution in [1.82, 2.24) is 4.90 Å². The maximum atomic E-state index is 13.3. The normalized spacial score (nSPS) is 20.5. The average Bonchev–Trinajstić information content (AvgIpc) is 3.18. The van der Waals surface area contributed by atoms with E-state index in [1.165, 1.54) is 12.1 Å². The molecule has 0 saturated carbocycles. The van der Waals surface area contributed by atoms with Gasteiger partial charge >= 0.3 is 5.71 Å². The molecule has 2 unspecified atom stereocenters. The van der Waals surface area contributed by atoms with Crippen molar-refractivity contribution in [2.24, 2.45) is 11.0 Å². The first-order valence-corrected chi connectivity index (χ1v) is 9.89. The second-order valence-corrected chi connectivity index (χ2v) is 7.75. The van der Waals surface area contributed by atoms with E-state index in [4.69, 9.17) is 16.3 Å². The fraction of sp³-hybridized carbons (Fsp3) is 0.364. The fourth-order valence-corrected chi connectivity index (χ4v) is 3.63. The van der Waals surface area contributed by atoms with Crippen LogP contribution in [0.1, 0.15) is 25.3 Å². The monoisotopic (exact) mass is 416 g/mol. The van der Waals surface area contributed by atoms with Crippen LogP contribution < -0.4 is 0 Å². The minimum absolute atomic E-state index is 0.118. The Labute approximate surface area is 174 Å². The first kappa shape index (κ1) is 21.0. The molecular formula is C22H24ClFN3O2+. The van der Waals surface area contributed by atoms with E-state index in [0.29, 0.717) is 19.4 Å². The highest BCUT2D eigenvalue weighted by Crippen LogP contribution is 2.30. The van der Waals surface area contributed by atoms with E-state index in [9.17, 15) is 9.18 Å². The highest BCUT2D eigenvalue weighted by atomic mass is 35.5. The van der Waals surface area contributed by atoms with Crippen LogP contribution in [0.4, 0.5) is 4.39 Å². The number of carbonyl (C=O) groups excluding carboxylic acids is 1. The molecule has 29 heavy (non-hydrogen) atoms. The number of halogens is 2. The Kier molecular flexibility index (Phi) is 6.68. The smallest absolute Gasteiger partial charge is 0.351 e. The van der Waals surface area contributed by atoms with Crippen molar-refractivity contribution in [3.63, 3.8) is 0 Å². The van der Waals surface area contributed by atoms with Crippen molar-refractivity contribution >= 4 is 23.2 Å². The number of carbonyl (C=O) groups is 1. The van der Waals surface area contributed by atoms with Crippen LogP contribution in [0.15, 0.2) is 59.6 Å². The molecule has 0 aliphatic carbocycles. The fourth-order valence-electron chi connectivity index (χ4n) is 3.43. The number of hydrogen-bond acceptors (Lipinski definition) is 3. The molecule has 2 aliphatic heterocycles. The third-order valence-electron chi connectivity index (χ3n) is 5.24. The molecule has 7 heteroatoms. The SMILES string of the molecule is C=CC(=O)N(C)CC1=COC(C2=CN=[N+]=C2CCc2ccc(F)c(Cl)c2)CC1C. The number of amides is 1. The topological polar surface area (TPSA) is 56.0 Å². The van der Waals surface area contributed by atoms with Crippen LogP contribution in [0.5, 0.6) is 0 Å². The van der Waals surface area contributed by atoms with Gasteiger partial charge < -0.3 is 9.64 Å². The van der Waals surface area contributed by atoms with E-state index in [0.717, 1.165) is 28.8 Å². The molecule has 3 rings (SSSR count). The van der Waals surface area contributed by atoms with Gasteiger partial charge in [-0.15, -0.1) is 0 Å². The minimum atomic E-state index is -0.420. The zero-order valence-electron chi connectivity index (χ0n) is 16.6. The van der Waals surface area contributed by atoms with Gasteiger partial charge in [0.15, 0.2) is 0 Å². The molecule has 0 N–H and O–H groups in total. The summed E-state index contributed by atoms with van der Waals surface area (Å²) >= 11 is 5.86. The number of benzene rings is 1. The second kappa shape index (κ2) is 9.21. The molecule has 0 bridgehead atoms. The van der Waals surface area contributed by atoms with E-state index in [2.05, 4.69) is 23.4 Å². The maximum Gasteiger partial charge on any atom is 0.351 e. The van der Waals surface area contributed by atoms with Crippen LogP contribution in [0.3, 0.4) is 0 Å². The van der Waals surface area contributed by atoms with E-state index < -0.39 is 5.82 Å². The van der Waals surface area contributed by atoms with Gasteiger partial charge in [0.1, 0.15) is 28.8 Å². The summed E-state index contributed by atoms with van der Waals surface area (Å²) < 4.78 is 19.3. The van der Waals surface area contributed by atoms with E-state index in [1.54, 1.807) is 36.5 Å². The number of nitrogens with zero attached hydrogens (tertiary/aromatic N) is 3. The van der Waals surface area contributed by atoms with Gasteiger partial charge in [0, 0.05) is 13.6 Å². The molecule has 0 fully saturated rings. The third kappa shape index (κ3) is 5.03. The van der Waals surface area contributed by atoms with Gasteiger partial charge in [0.05, 0.1) is 22.5 Å². The van der Waals surface area contributed by atoms with Gasteiger partial charge in [-0.05, 0) is 48.1 Å². The lowest BCUT2D eigenvalue weighted by atomic mass is 9.88. The Hall–Kier alpha value is -2.69.